The van der Waals surface area contributed by atoms with Crippen LogP contribution >= 0.6 is 11.3 Å². The standard InChI is InChI=1S/C31H26N2O7S3.Na/c1-2-21(14-30-32(19-42(34,35)36)26-16-23-10-6-7-11-24(23)18-28(26)40-30)15-31-33(20-43(37,38)39)27-17-25(12-13-29(27)41-31)22-8-4-3-5-9-22;/h3-18H,2,19-20H2,1H3,(H-,34,35,36,37,38,39);/q;+1. The number of ether oxygens (including phenoxy) is 1. The molecule has 13 heteroatoms. The molecule has 2 heterocycles. The Hall–Kier alpha value is -3.07. The fourth-order valence-corrected chi connectivity index (χ4v) is 7.45. The number of allylic oxidation sites excluding steroid dienone is 2. The van der Waals surface area contributed by atoms with Gasteiger partial charge < -0.3 is 9.29 Å². The maximum atomic E-state index is 12.0. The quantitative estimate of drug-likeness (QED) is 0.153. The molecule has 0 amide bonds. The minimum atomic E-state index is -4.64. The van der Waals surface area contributed by atoms with Gasteiger partial charge in [-0.2, -0.15) is 13.0 Å². The molecule has 0 bridgehead atoms. The first-order valence-corrected chi connectivity index (χ1v) is 17.3. The molecular weight excluding hydrogens is 632 g/mol. The molecular formula is C31H26N2NaO7S3+. The average Bonchev–Trinajstić information content (AvgIpc) is 3.45. The Kier molecular flexibility index (Phi) is 9.36. The number of hydrogen-bond acceptors (Lipinski definition) is 8. The molecule has 5 aromatic rings. The van der Waals surface area contributed by atoms with Crippen LogP contribution in [0.4, 0.5) is 5.69 Å². The molecule has 220 valence electrons. The molecule has 1 aromatic heterocycles. The summed E-state index contributed by atoms with van der Waals surface area (Å²) in [5.41, 5.74) is 3.60. The molecule has 0 aliphatic carbocycles. The largest absolute Gasteiger partial charge is 1.00 e. The Balaban J connectivity index is 0.00000384. The number of rotatable bonds is 8. The molecule has 1 aliphatic heterocycles. The van der Waals surface area contributed by atoms with Crippen molar-refractivity contribution in [3.05, 3.63) is 107 Å². The van der Waals surface area contributed by atoms with Gasteiger partial charge in [-0.25, -0.2) is 8.42 Å². The van der Waals surface area contributed by atoms with Crippen LogP contribution in [0.15, 0.2) is 102 Å². The third-order valence-corrected chi connectivity index (χ3v) is 9.31. The van der Waals surface area contributed by atoms with E-state index in [1.165, 1.54) is 20.8 Å². The molecule has 1 N–H and O–H groups in total. The first-order chi connectivity index (χ1) is 20.5. The van der Waals surface area contributed by atoms with Gasteiger partial charge in [-0.3, -0.25) is 9.45 Å². The number of anilines is 1. The molecule has 0 saturated heterocycles. The van der Waals surface area contributed by atoms with Gasteiger partial charge in [0.1, 0.15) is 4.70 Å². The van der Waals surface area contributed by atoms with Crippen LogP contribution < -0.4 is 43.8 Å². The predicted octanol–water partition coefficient (Wildman–Crippen LogP) is 2.89. The van der Waals surface area contributed by atoms with Crippen molar-refractivity contribution in [1.82, 2.24) is 0 Å². The molecule has 9 nitrogen and oxygen atoms in total. The summed E-state index contributed by atoms with van der Waals surface area (Å²) < 4.78 is 78.0. The van der Waals surface area contributed by atoms with Crippen LogP contribution in [0.5, 0.6) is 5.75 Å². The van der Waals surface area contributed by atoms with Gasteiger partial charge in [0.25, 0.3) is 15.1 Å². The second-order valence-electron chi connectivity index (χ2n) is 10.1. The van der Waals surface area contributed by atoms with E-state index in [9.17, 15) is 25.9 Å². The van der Waals surface area contributed by atoms with Gasteiger partial charge in [0, 0.05) is 18.2 Å². The summed E-state index contributed by atoms with van der Waals surface area (Å²) in [5, 5.41) is 2.30. The number of aromatic nitrogens is 1. The van der Waals surface area contributed by atoms with E-state index in [0.29, 0.717) is 34.0 Å². The number of fused-ring (bicyclic) bond motifs is 3. The van der Waals surface area contributed by atoms with Gasteiger partial charge in [-0.1, -0.05) is 78.9 Å². The maximum absolute atomic E-state index is 12.0. The summed E-state index contributed by atoms with van der Waals surface area (Å²) in [6.07, 6.45) is 3.89. The van der Waals surface area contributed by atoms with Crippen molar-refractivity contribution in [2.75, 3.05) is 10.8 Å². The van der Waals surface area contributed by atoms with Crippen molar-refractivity contribution < 1.29 is 64.8 Å². The minimum absolute atomic E-state index is 0. The molecule has 0 radical (unpaired) electrons. The van der Waals surface area contributed by atoms with E-state index in [4.69, 9.17) is 4.74 Å². The molecule has 0 saturated carbocycles. The number of thiazole rings is 1. The zero-order valence-corrected chi connectivity index (χ0v) is 28.3. The molecule has 0 spiro atoms. The van der Waals surface area contributed by atoms with Crippen LogP contribution in [-0.2, 0) is 26.1 Å². The third-order valence-electron chi connectivity index (χ3n) is 7.04. The van der Waals surface area contributed by atoms with Crippen molar-refractivity contribution in [2.45, 2.75) is 19.2 Å². The summed E-state index contributed by atoms with van der Waals surface area (Å²) in [5.74, 6) is -0.854. The van der Waals surface area contributed by atoms with Crippen molar-refractivity contribution in [1.29, 1.82) is 0 Å². The molecule has 0 atom stereocenters. The molecule has 4 aromatic carbocycles. The fraction of sp³-hybridized carbons (Fsp3) is 0.129. The number of benzene rings is 4. The van der Waals surface area contributed by atoms with E-state index < -0.39 is 32.0 Å². The Morgan fingerprint density at radius 1 is 0.955 bits per heavy atom. The first-order valence-electron chi connectivity index (χ1n) is 13.3. The summed E-state index contributed by atoms with van der Waals surface area (Å²) in [4.78, 5) is 1.38. The summed E-state index contributed by atoms with van der Waals surface area (Å²) in [6, 6.07) is 26.5. The fourth-order valence-electron chi connectivity index (χ4n) is 5.06. The van der Waals surface area contributed by atoms with Crippen LogP contribution in [-0.4, -0.2) is 31.8 Å². The van der Waals surface area contributed by atoms with Crippen LogP contribution in [0.1, 0.15) is 18.4 Å². The van der Waals surface area contributed by atoms with Crippen molar-refractivity contribution in [3.8, 4) is 16.9 Å². The SMILES string of the molecule is CCC(/C=C1\Oc2cc3ccccc3cc2N1CS(=O)(=O)O)=C\c1sc2ccc(-c3ccccc3)cc2[n+]1CS(=O)(=O)[O-].[Na+]. The van der Waals surface area contributed by atoms with Gasteiger partial charge in [0.2, 0.25) is 17.3 Å². The van der Waals surface area contributed by atoms with Crippen LogP contribution in [0.2, 0.25) is 0 Å². The van der Waals surface area contributed by atoms with Crippen molar-refractivity contribution in [3.63, 3.8) is 0 Å². The van der Waals surface area contributed by atoms with E-state index in [1.807, 2.05) is 79.7 Å². The summed E-state index contributed by atoms with van der Waals surface area (Å²) in [6.45, 7) is 1.89. The molecule has 0 unspecified atom stereocenters. The maximum Gasteiger partial charge on any atom is 1.00 e. The molecule has 0 fully saturated rings. The Labute approximate surface area is 281 Å². The smallest absolute Gasteiger partial charge is 0.743 e. The Bertz CT molecular complexity index is 2160. The zero-order valence-electron chi connectivity index (χ0n) is 23.9. The Morgan fingerprint density at radius 3 is 2.30 bits per heavy atom. The van der Waals surface area contributed by atoms with Crippen LogP contribution in [0.3, 0.4) is 0 Å². The van der Waals surface area contributed by atoms with Gasteiger partial charge in [-0.15, -0.1) is 0 Å². The normalized spacial score (nSPS) is 14.6. The topological polar surface area (TPSA) is 128 Å². The van der Waals surface area contributed by atoms with Crippen LogP contribution in [0, 0.1) is 0 Å². The van der Waals surface area contributed by atoms with Gasteiger partial charge >= 0.3 is 29.6 Å². The first kappa shape index (κ1) is 32.3. The van der Waals surface area contributed by atoms with Crippen LogP contribution in [0.25, 0.3) is 38.2 Å². The summed E-state index contributed by atoms with van der Waals surface area (Å²) in [7, 11) is -9.07. The minimum Gasteiger partial charge on any atom is -0.743 e. The van der Waals surface area contributed by atoms with Crippen molar-refractivity contribution in [2.24, 2.45) is 0 Å². The van der Waals surface area contributed by atoms with E-state index in [1.54, 1.807) is 24.3 Å². The van der Waals surface area contributed by atoms with Gasteiger partial charge in [-0.05, 0) is 52.1 Å². The number of hydrogen-bond donors (Lipinski definition) is 1. The second kappa shape index (κ2) is 12.7. The number of nitrogens with zero attached hydrogens (tertiary/aromatic N) is 2. The Morgan fingerprint density at radius 2 is 1.64 bits per heavy atom. The van der Waals surface area contributed by atoms with Gasteiger partial charge in [0.05, 0.1) is 5.69 Å². The van der Waals surface area contributed by atoms with E-state index in [2.05, 4.69) is 0 Å². The molecule has 44 heavy (non-hydrogen) atoms. The molecule has 6 rings (SSSR count). The van der Waals surface area contributed by atoms with E-state index >= 15 is 0 Å². The second-order valence-corrected chi connectivity index (χ2v) is 13.9. The monoisotopic (exact) mass is 657 g/mol. The van der Waals surface area contributed by atoms with E-state index in [-0.39, 0.29) is 35.4 Å². The average molecular weight is 658 g/mol. The van der Waals surface area contributed by atoms with Crippen molar-refractivity contribution >= 4 is 64.3 Å². The van der Waals surface area contributed by atoms with E-state index in [0.717, 1.165) is 26.6 Å². The predicted molar refractivity (Wildman–Crippen MR) is 167 cm³/mol. The third kappa shape index (κ3) is 7.08. The zero-order chi connectivity index (χ0) is 30.4. The van der Waals surface area contributed by atoms with Gasteiger partial charge in [0.15, 0.2) is 21.7 Å². The molecule has 1 aliphatic rings. The summed E-state index contributed by atoms with van der Waals surface area (Å²) >= 11 is 1.33.